The van der Waals surface area contributed by atoms with Crippen molar-refractivity contribution in [3.63, 3.8) is 0 Å². The van der Waals surface area contributed by atoms with Gasteiger partial charge in [-0.2, -0.15) is 0 Å². The van der Waals surface area contributed by atoms with Crippen molar-refractivity contribution in [2.45, 2.75) is 39.5 Å². The number of nitrogens with one attached hydrogen (secondary N) is 1. The third kappa shape index (κ3) is 5.96. The predicted octanol–water partition coefficient (Wildman–Crippen LogP) is 2.04. The van der Waals surface area contributed by atoms with Crippen LogP contribution in [0.1, 0.15) is 39.5 Å². The van der Waals surface area contributed by atoms with E-state index in [1.165, 1.54) is 45.3 Å². The second kappa shape index (κ2) is 10.1. The summed E-state index contributed by atoms with van der Waals surface area (Å²) in [6.07, 6.45) is 5.20. The van der Waals surface area contributed by atoms with Gasteiger partial charge in [0.05, 0.1) is 6.61 Å². The molecule has 2 fully saturated rings. The first-order valence-electron chi connectivity index (χ1n) is 9.52. The molecular weight excluding hydrogens is 288 g/mol. The maximum atomic E-state index is 5.57. The highest BCUT2D eigenvalue weighted by atomic mass is 16.5. The van der Waals surface area contributed by atoms with Crippen LogP contribution in [0, 0.1) is 11.8 Å². The zero-order valence-electron chi connectivity index (χ0n) is 15.4. The topological polar surface area (TPSA) is 40.1 Å². The molecule has 0 aromatic carbocycles. The molecule has 0 aliphatic carbocycles. The Labute approximate surface area is 142 Å². The molecule has 0 saturated carbocycles. The average molecular weight is 325 g/mol. The number of rotatable bonds is 7. The van der Waals surface area contributed by atoms with Crippen LogP contribution in [0.25, 0.3) is 0 Å². The SMILES string of the molecule is CCOCC1CCN(C(=NC)NCCC2CCN(CC)CC2)C1. The van der Waals surface area contributed by atoms with Gasteiger partial charge in [-0.05, 0) is 58.2 Å². The molecule has 0 bridgehead atoms. The lowest BCUT2D eigenvalue weighted by Gasteiger charge is -2.31. The van der Waals surface area contributed by atoms with Gasteiger partial charge in [0.15, 0.2) is 5.96 Å². The molecule has 134 valence electrons. The van der Waals surface area contributed by atoms with Crippen LogP contribution in [-0.4, -0.2) is 75.3 Å². The van der Waals surface area contributed by atoms with Crippen LogP contribution in [0.5, 0.6) is 0 Å². The van der Waals surface area contributed by atoms with Crippen LogP contribution >= 0.6 is 0 Å². The van der Waals surface area contributed by atoms with Gasteiger partial charge in [0.1, 0.15) is 0 Å². The molecule has 5 nitrogen and oxygen atoms in total. The van der Waals surface area contributed by atoms with E-state index in [1.54, 1.807) is 0 Å². The summed E-state index contributed by atoms with van der Waals surface area (Å²) in [5.74, 6) is 2.62. The Morgan fingerprint density at radius 1 is 1.13 bits per heavy atom. The molecule has 2 aliphatic rings. The molecule has 1 atom stereocenters. The van der Waals surface area contributed by atoms with E-state index in [0.29, 0.717) is 5.92 Å². The first-order chi connectivity index (χ1) is 11.3. The summed E-state index contributed by atoms with van der Waals surface area (Å²) in [6, 6.07) is 0. The Morgan fingerprint density at radius 3 is 2.52 bits per heavy atom. The maximum absolute atomic E-state index is 5.57. The van der Waals surface area contributed by atoms with E-state index in [2.05, 4.69) is 34.0 Å². The van der Waals surface area contributed by atoms with E-state index < -0.39 is 0 Å². The molecule has 0 amide bonds. The van der Waals surface area contributed by atoms with Crippen LogP contribution in [0.2, 0.25) is 0 Å². The zero-order chi connectivity index (χ0) is 16.5. The number of likely N-dealkylation sites (tertiary alicyclic amines) is 2. The Bertz CT molecular complexity index is 353. The third-order valence-electron chi connectivity index (χ3n) is 5.34. The summed E-state index contributed by atoms with van der Waals surface area (Å²) in [7, 11) is 1.90. The molecule has 1 unspecified atom stereocenters. The lowest BCUT2D eigenvalue weighted by atomic mass is 9.93. The molecule has 0 aromatic rings. The van der Waals surface area contributed by atoms with E-state index in [-0.39, 0.29) is 0 Å². The van der Waals surface area contributed by atoms with Crippen molar-refractivity contribution in [1.82, 2.24) is 15.1 Å². The molecule has 2 rings (SSSR count). The van der Waals surface area contributed by atoms with E-state index >= 15 is 0 Å². The highest BCUT2D eigenvalue weighted by Crippen LogP contribution is 2.20. The van der Waals surface area contributed by atoms with E-state index in [0.717, 1.165) is 44.7 Å². The van der Waals surface area contributed by atoms with Crippen molar-refractivity contribution in [2.75, 3.05) is 59.5 Å². The van der Waals surface area contributed by atoms with Crippen LogP contribution in [-0.2, 0) is 4.74 Å². The minimum absolute atomic E-state index is 0.659. The second-order valence-electron chi connectivity index (χ2n) is 6.90. The Hall–Kier alpha value is -0.810. The Morgan fingerprint density at radius 2 is 1.87 bits per heavy atom. The molecule has 2 saturated heterocycles. The van der Waals surface area contributed by atoms with Crippen molar-refractivity contribution >= 4 is 5.96 Å². The van der Waals surface area contributed by atoms with Crippen LogP contribution in [0.4, 0.5) is 0 Å². The third-order valence-corrected chi connectivity index (χ3v) is 5.34. The molecule has 1 N–H and O–H groups in total. The van der Waals surface area contributed by atoms with Gasteiger partial charge >= 0.3 is 0 Å². The summed E-state index contributed by atoms with van der Waals surface area (Å²) < 4.78 is 5.57. The predicted molar refractivity (Wildman–Crippen MR) is 97.0 cm³/mol. The van der Waals surface area contributed by atoms with Gasteiger partial charge in [0, 0.05) is 39.2 Å². The normalized spacial score (nSPS) is 24.4. The maximum Gasteiger partial charge on any atom is 0.193 e. The molecule has 0 radical (unpaired) electrons. The van der Waals surface area contributed by atoms with Gasteiger partial charge < -0.3 is 19.9 Å². The van der Waals surface area contributed by atoms with E-state index in [9.17, 15) is 0 Å². The molecular formula is C18H36N4O. The fourth-order valence-electron chi connectivity index (χ4n) is 3.76. The molecule has 2 heterocycles. The summed E-state index contributed by atoms with van der Waals surface area (Å²) in [4.78, 5) is 9.43. The number of piperidine rings is 1. The van der Waals surface area contributed by atoms with Crippen molar-refractivity contribution in [1.29, 1.82) is 0 Å². The standard InChI is InChI=1S/C18H36N4O/c1-4-21-11-7-16(8-12-21)6-10-20-18(19-3)22-13-9-17(14-22)15-23-5-2/h16-17H,4-15H2,1-3H3,(H,19,20). The van der Waals surface area contributed by atoms with Gasteiger partial charge in [-0.15, -0.1) is 0 Å². The number of guanidine groups is 1. The van der Waals surface area contributed by atoms with Gasteiger partial charge in [-0.25, -0.2) is 0 Å². The van der Waals surface area contributed by atoms with Gasteiger partial charge in [0.2, 0.25) is 0 Å². The lowest BCUT2D eigenvalue weighted by Crippen LogP contribution is -2.41. The van der Waals surface area contributed by atoms with Crippen molar-refractivity contribution in [3.05, 3.63) is 0 Å². The first kappa shape index (κ1) is 18.5. The smallest absolute Gasteiger partial charge is 0.193 e. The van der Waals surface area contributed by atoms with Crippen molar-refractivity contribution in [3.8, 4) is 0 Å². The lowest BCUT2D eigenvalue weighted by molar-refractivity contribution is 0.114. The van der Waals surface area contributed by atoms with Crippen molar-refractivity contribution < 1.29 is 4.74 Å². The quantitative estimate of drug-likeness (QED) is 0.575. The van der Waals surface area contributed by atoms with Crippen molar-refractivity contribution in [2.24, 2.45) is 16.8 Å². The van der Waals surface area contributed by atoms with Crippen LogP contribution < -0.4 is 5.32 Å². The molecule has 0 aromatic heterocycles. The molecule has 23 heavy (non-hydrogen) atoms. The van der Waals surface area contributed by atoms with Crippen LogP contribution in [0.3, 0.4) is 0 Å². The minimum atomic E-state index is 0.659. The highest BCUT2D eigenvalue weighted by molar-refractivity contribution is 5.80. The van der Waals surface area contributed by atoms with Crippen LogP contribution in [0.15, 0.2) is 4.99 Å². The summed E-state index contributed by atoms with van der Waals surface area (Å²) in [5, 5.41) is 3.58. The number of hydrogen-bond donors (Lipinski definition) is 1. The molecule has 2 aliphatic heterocycles. The number of ether oxygens (including phenoxy) is 1. The molecule has 0 spiro atoms. The number of aliphatic imine (C=N–C) groups is 1. The Kier molecular flexibility index (Phi) is 8.17. The highest BCUT2D eigenvalue weighted by Gasteiger charge is 2.25. The van der Waals surface area contributed by atoms with Gasteiger partial charge in [-0.3, -0.25) is 4.99 Å². The summed E-state index contributed by atoms with van der Waals surface area (Å²) >= 11 is 0. The number of hydrogen-bond acceptors (Lipinski definition) is 3. The zero-order valence-corrected chi connectivity index (χ0v) is 15.4. The summed E-state index contributed by atoms with van der Waals surface area (Å²) in [6.45, 7) is 13.0. The monoisotopic (exact) mass is 324 g/mol. The molecule has 5 heteroatoms. The fourth-order valence-corrected chi connectivity index (χ4v) is 3.76. The summed E-state index contributed by atoms with van der Waals surface area (Å²) in [5.41, 5.74) is 0. The largest absolute Gasteiger partial charge is 0.381 e. The van der Waals surface area contributed by atoms with Gasteiger partial charge in [-0.1, -0.05) is 6.92 Å². The first-order valence-corrected chi connectivity index (χ1v) is 9.52. The average Bonchev–Trinajstić information content (AvgIpc) is 3.06. The van der Waals surface area contributed by atoms with E-state index in [4.69, 9.17) is 4.74 Å². The number of nitrogens with zero attached hydrogens (tertiary/aromatic N) is 3. The Balaban J connectivity index is 1.64. The van der Waals surface area contributed by atoms with Gasteiger partial charge in [0.25, 0.3) is 0 Å². The fraction of sp³-hybridized carbons (Fsp3) is 0.944. The van der Waals surface area contributed by atoms with E-state index in [1.807, 2.05) is 7.05 Å². The minimum Gasteiger partial charge on any atom is -0.381 e. The second-order valence-corrected chi connectivity index (χ2v) is 6.90.